The Morgan fingerprint density at radius 1 is 0.925 bits per heavy atom. The summed E-state index contributed by atoms with van der Waals surface area (Å²) >= 11 is 3.36. The molecule has 3 N–H and O–H groups in total. The van der Waals surface area contributed by atoms with Crippen LogP contribution in [0.4, 0.5) is 5.69 Å². The Hall–Kier alpha value is -4.31. The van der Waals surface area contributed by atoms with E-state index < -0.39 is 17.8 Å². The first-order chi connectivity index (χ1) is 19.3. The van der Waals surface area contributed by atoms with Crippen LogP contribution in [0.25, 0.3) is 0 Å². The first-order valence-electron chi connectivity index (χ1n) is 12.9. The van der Waals surface area contributed by atoms with Crippen molar-refractivity contribution < 1.29 is 23.9 Å². The number of aryl methyl sites for hydroxylation is 1. The molecule has 3 amide bonds. The quantitative estimate of drug-likeness (QED) is 0.113. The van der Waals surface area contributed by atoms with Crippen LogP contribution >= 0.6 is 15.9 Å². The Bertz CT molecular complexity index is 1450. The minimum atomic E-state index is -1.04. The van der Waals surface area contributed by atoms with Gasteiger partial charge in [-0.15, -0.1) is 0 Å². The van der Waals surface area contributed by atoms with Crippen LogP contribution in [0.3, 0.4) is 0 Å². The van der Waals surface area contributed by atoms with Gasteiger partial charge in [0.15, 0.2) is 0 Å². The molecular weight excluding hydrogens is 576 g/mol. The molecule has 0 aromatic heterocycles. The van der Waals surface area contributed by atoms with E-state index in [1.54, 1.807) is 60.7 Å². The second kappa shape index (κ2) is 13.7. The molecule has 0 radical (unpaired) electrons. The molecule has 3 aromatic rings. The Morgan fingerprint density at radius 2 is 1.70 bits per heavy atom. The van der Waals surface area contributed by atoms with Crippen LogP contribution in [-0.4, -0.2) is 35.9 Å². The highest BCUT2D eigenvalue weighted by Crippen LogP contribution is 2.23. The number of anilines is 1. The van der Waals surface area contributed by atoms with Crippen molar-refractivity contribution >= 4 is 51.5 Å². The van der Waals surface area contributed by atoms with Crippen molar-refractivity contribution in [1.82, 2.24) is 10.7 Å². The maximum absolute atomic E-state index is 12.8. The highest BCUT2D eigenvalue weighted by Gasteiger charge is 2.21. The predicted octanol–water partition coefficient (Wildman–Crippen LogP) is 5.13. The largest absolute Gasteiger partial charge is 0.422 e. The van der Waals surface area contributed by atoms with Crippen molar-refractivity contribution in [3.05, 3.63) is 93.5 Å². The van der Waals surface area contributed by atoms with Crippen LogP contribution < -0.4 is 20.8 Å². The molecule has 0 aliphatic heterocycles. The van der Waals surface area contributed by atoms with Gasteiger partial charge in [0.2, 0.25) is 0 Å². The molecule has 4 rings (SSSR count). The number of carbonyl (C=O) groups is 4. The SMILES string of the molecule is Cc1cccc(C(=O)Oc2ccc(Br)cc2/C=N\NC(=O)C(=O)Nc2ccccc2C(=O)NC2CCCCC2)c1. The van der Waals surface area contributed by atoms with Gasteiger partial charge < -0.3 is 15.4 Å². The van der Waals surface area contributed by atoms with Gasteiger partial charge in [-0.05, 0) is 62.2 Å². The van der Waals surface area contributed by atoms with Gasteiger partial charge in [-0.25, -0.2) is 10.2 Å². The number of nitrogens with zero attached hydrogens (tertiary/aromatic N) is 1. The number of para-hydroxylation sites is 1. The highest BCUT2D eigenvalue weighted by atomic mass is 79.9. The number of hydrogen-bond acceptors (Lipinski definition) is 6. The summed E-state index contributed by atoms with van der Waals surface area (Å²) in [5, 5.41) is 9.35. The molecule has 40 heavy (non-hydrogen) atoms. The standard InChI is InChI=1S/C30H29BrN4O5/c1-19-8-7-9-20(16-19)30(39)40-26-15-14-22(31)17-21(26)18-32-35-29(38)28(37)34-25-13-6-5-12-24(25)27(36)33-23-10-3-2-4-11-23/h5-9,12-18,23H,2-4,10-11H2,1H3,(H,33,36)(H,34,37)(H,35,38)/b32-18-. The third kappa shape index (κ3) is 7.86. The number of rotatable bonds is 7. The summed E-state index contributed by atoms with van der Waals surface area (Å²) < 4.78 is 6.23. The molecule has 1 aliphatic rings. The monoisotopic (exact) mass is 604 g/mol. The van der Waals surface area contributed by atoms with E-state index in [2.05, 4.69) is 37.1 Å². The number of halogens is 1. The second-order valence-electron chi connectivity index (χ2n) is 9.45. The molecule has 1 aliphatic carbocycles. The van der Waals surface area contributed by atoms with Gasteiger partial charge in [-0.2, -0.15) is 5.10 Å². The van der Waals surface area contributed by atoms with E-state index >= 15 is 0 Å². The van der Waals surface area contributed by atoms with Crippen molar-refractivity contribution in [2.75, 3.05) is 5.32 Å². The molecule has 0 saturated heterocycles. The number of amides is 3. The van der Waals surface area contributed by atoms with Crippen molar-refractivity contribution in [3.63, 3.8) is 0 Å². The van der Waals surface area contributed by atoms with Crippen LogP contribution in [0.1, 0.15) is 63.9 Å². The smallest absolute Gasteiger partial charge is 0.343 e. The van der Waals surface area contributed by atoms with Gasteiger partial charge in [0.1, 0.15) is 5.75 Å². The third-order valence-electron chi connectivity index (χ3n) is 6.36. The zero-order valence-corrected chi connectivity index (χ0v) is 23.5. The Balaban J connectivity index is 1.38. The van der Waals surface area contributed by atoms with Gasteiger partial charge in [0.05, 0.1) is 23.0 Å². The molecular formula is C30H29BrN4O5. The first-order valence-corrected chi connectivity index (χ1v) is 13.7. The molecule has 0 heterocycles. The Labute approximate surface area is 240 Å². The van der Waals surface area contributed by atoms with E-state index in [1.807, 2.05) is 13.0 Å². The van der Waals surface area contributed by atoms with E-state index in [9.17, 15) is 19.2 Å². The van der Waals surface area contributed by atoms with Crippen molar-refractivity contribution in [1.29, 1.82) is 0 Å². The van der Waals surface area contributed by atoms with Crippen molar-refractivity contribution in [3.8, 4) is 5.75 Å². The van der Waals surface area contributed by atoms with Crippen molar-refractivity contribution in [2.45, 2.75) is 45.1 Å². The predicted molar refractivity (Wildman–Crippen MR) is 155 cm³/mol. The van der Waals surface area contributed by atoms with Crippen LogP contribution in [0.2, 0.25) is 0 Å². The normalized spacial score (nSPS) is 13.4. The Morgan fingerprint density at radius 3 is 2.48 bits per heavy atom. The topological polar surface area (TPSA) is 126 Å². The molecule has 1 fully saturated rings. The Kier molecular flexibility index (Phi) is 9.80. The second-order valence-corrected chi connectivity index (χ2v) is 10.4. The molecule has 0 bridgehead atoms. The average molecular weight is 605 g/mol. The number of esters is 1. The van der Waals surface area contributed by atoms with E-state index in [0.29, 0.717) is 15.6 Å². The van der Waals surface area contributed by atoms with Crippen LogP contribution in [0, 0.1) is 6.92 Å². The van der Waals surface area contributed by atoms with Crippen molar-refractivity contribution in [2.24, 2.45) is 5.10 Å². The zero-order valence-electron chi connectivity index (χ0n) is 21.9. The summed E-state index contributed by atoms with van der Waals surface area (Å²) in [7, 11) is 0. The fourth-order valence-electron chi connectivity index (χ4n) is 4.33. The van der Waals surface area contributed by atoms with Crippen LogP contribution in [0.5, 0.6) is 5.75 Å². The summed E-state index contributed by atoms with van der Waals surface area (Å²) in [6.07, 6.45) is 6.41. The molecule has 9 nitrogen and oxygen atoms in total. The number of benzene rings is 3. The third-order valence-corrected chi connectivity index (χ3v) is 6.86. The molecule has 206 valence electrons. The molecule has 0 unspecified atom stereocenters. The minimum absolute atomic E-state index is 0.0987. The lowest BCUT2D eigenvalue weighted by Gasteiger charge is -2.23. The fraction of sp³-hybridized carbons (Fsp3) is 0.233. The fourth-order valence-corrected chi connectivity index (χ4v) is 4.71. The first kappa shape index (κ1) is 28.7. The van der Waals surface area contributed by atoms with Gasteiger partial charge in [0, 0.05) is 16.1 Å². The number of ether oxygens (including phenoxy) is 1. The molecule has 0 spiro atoms. The maximum atomic E-state index is 12.8. The lowest BCUT2D eigenvalue weighted by Crippen LogP contribution is -2.37. The summed E-state index contributed by atoms with van der Waals surface area (Å²) in [5.74, 6) is -2.66. The van der Waals surface area contributed by atoms with E-state index in [4.69, 9.17) is 4.74 Å². The maximum Gasteiger partial charge on any atom is 0.343 e. The zero-order chi connectivity index (χ0) is 28.5. The molecule has 1 saturated carbocycles. The van der Waals surface area contributed by atoms with E-state index in [-0.39, 0.29) is 28.9 Å². The lowest BCUT2D eigenvalue weighted by molar-refractivity contribution is -0.136. The molecule has 0 atom stereocenters. The van der Waals surface area contributed by atoms with Gasteiger partial charge in [-0.3, -0.25) is 14.4 Å². The van der Waals surface area contributed by atoms with Gasteiger partial charge in [-0.1, -0.05) is 65.0 Å². The lowest BCUT2D eigenvalue weighted by atomic mass is 9.95. The number of hydrogen-bond donors (Lipinski definition) is 3. The van der Waals surface area contributed by atoms with E-state index in [0.717, 1.165) is 37.7 Å². The molecule has 10 heteroatoms. The molecule has 3 aromatic carbocycles. The van der Waals surface area contributed by atoms with Crippen LogP contribution in [-0.2, 0) is 9.59 Å². The highest BCUT2D eigenvalue weighted by molar-refractivity contribution is 9.10. The summed E-state index contributed by atoms with van der Waals surface area (Å²) in [5.41, 5.74) is 4.36. The van der Waals surface area contributed by atoms with Gasteiger partial charge >= 0.3 is 17.8 Å². The van der Waals surface area contributed by atoms with E-state index in [1.165, 1.54) is 6.21 Å². The minimum Gasteiger partial charge on any atom is -0.422 e. The number of carbonyl (C=O) groups excluding carboxylic acids is 4. The average Bonchev–Trinajstić information content (AvgIpc) is 2.95. The summed E-state index contributed by atoms with van der Waals surface area (Å²) in [4.78, 5) is 50.5. The number of hydrazone groups is 1. The summed E-state index contributed by atoms with van der Waals surface area (Å²) in [6.45, 7) is 1.87. The number of nitrogens with one attached hydrogen (secondary N) is 3. The van der Waals surface area contributed by atoms with Gasteiger partial charge in [0.25, 0.3) is 5.91 Å². The summed E-state index contributed by atoms with van der Waals surface area (Å²) in [6, 6.07) is 18.5. The van der Waals surface area contributed by atoms with Crippen LogP contribution in [0.15, 0.2) is 76.3 Å².